The molecule has 31 heavy (non-hydrogen) atoms. The first-order valence-corrected chi connectivity index (χ1v) is 11.5. The summed E-state index contributed by atoms with van der Waals surface area (Å²) in [7, 11) is -2.05. The highest BCUT2D eigenvalue weighted by Crippen LogP contribution is 2.32. The number of carbonyl (C=O) groups is 1. The fraction of sp³-hybridized carbons (Fsp3) is 0.125. The largest absolute Gasteiger partial charge is 0.493 e. The van der Waals surface area contributed by atoms with Crippen molar-refractivity contribution in [1.29, 1.82) is 0 Å². The van der Waals surface area contributed by atoms with Gasteiger partial charge in [-0.25, -0.2) is 8.42 Å². The summed E-state index contributed by atoms with van der Waals surface area (Å²) in [6, 6.07) is 18.8. The van der Waals surface area contributed by atoms with Crippen LogP contribution in [0.4, 0.5) is 0 Å². The summed E-state index contributed by atoms with van der Waals surface area (Å²) < 4.78 is 36.5. The van der Waals surface area contributed by atoms with Crippen LogP contribution in [0.5, 0.6) is 11.5 Å². The van der Waals surface area contributed by atoms with Crippen LogP contribution in [0.25, 0.3) is 6.08 Å². The molecule has 4 rings (SSSR count). The molecule has 1 aliphatic heterocycles. The first-order chi connectivity index (χ1) is 14.9. The number of Topliss-reactive ketones (excluding diaryl/α,β-unsaturated/α-hetero) is 1. The SMILES string of the molecule is COc1cc(C=C2CS(=O)(=O)c3ccccc3C2=O)ccc1OCc1ccccc1Cl. The van der Waals surface area contributed by atoms with Crippen LogP contribution in [0.1, 0.15) is 21.5 Å². The number of ketones is 1. The molecule has 0 unspecified atom stereocenters. The van der Waals surface area contributed by atoms with Gasteiger partial charge in [0.15, 0.2) is 27.1 Å². The number of fused-ring (bicyclic) bond motifs is 1. The summed E-state index contributed by atoms with van der Waals surface area (Å²) in [6.07, 6.45) is 1.58. The first kappa shape index (κ1) is 21.2. The molecule has 0 N–H and O–H groups in total. The van der Waals surface area contributed by atoms with E-state index >= 15 is 0 Å². The zero-order chi connectivity index (χ0) is 22.0. The van der Waals surface area contributed by atoms with E-state index in [1.54, 1.807) is 42.5 Å². The van der Waals surface area contributed by atoms with Gasteiger partial charge in [-0.3, -0.25) is 4.79 Å². The number of halogens is 1. The summed E-state index contributed by atoms with van der Waals surface area (Å²) in [4.78, 5) is 12.9. The molecule has 0 spiro atoms. The zero-order valence-electron chi connectivity index (χ0n) is 16.7. The second-order valence-electron chi connectivity index (χ2n) is 7.04. The maximum Gasteiger partial charge on any atom is 0.191 e. The average Bonchev–Trinajstić information content (AvgIpc) is 2.77. The van der Waals surface area contributed by atoms with E-state index in [0.717, 1.165) is 5.56 Å². The number of benzene rings is 3. The van der Waals surface area contributed by atoms with Gasteiger partial charge >= 0.3 is 0 Å². The lowest BCUT2D eigenvalue weighted by atomic mass is 10.0. The Morgan fingerprint density at radius 2 is 1.74 bits per heavy atom. The molecular weight excluding hydrogens is 436 g/mol. The highest BCUT2D eigenvalue weighted by atomic mass is 35.5. The minimum Gasteiger partial charge on any atom is -0.493 e. The second kappa shape index (κ2) is 8.57. The number of hydrogen-bond donors (Lipinski definition) is 0. The number of hydrogen-bond acceptors (Lipinski definition) is 5. The Morgan fingerprint density at radius 1 is 1.00 bits per heavy atom. The minimum absolute atomic E-state index is 0.0815. The van der Waals surface area contributed by atoms with Gasteiger partial charge in [0.25, 0.3) is 0 Å². The summed E-state index contributed by atoms with van der Waals surface area (Å²) in [5.41, 5.74) is 1.89. The molecule has 1 aliphatic rings. The molecule has 158 valence electrons. The maximum absolute atomic E-state index is 12.8. The Balaban J connectivity index is 1.62. The third-order valence-corrected chi connectivity index (χ3v) is 7.06. The summed E-state index contributed by atoms with van der Waals surface area (Å²) >= 11 is 6.17. The Hall–Kier alpha value is -3.09. The van der Waals surface area contributed by atoms with Crippen LogP contribution in [-0.2, 0) is 16.4 Å². The monoisotopic (exact) mass is 454 g/mol. The molecule has 0 fully saturated rings. The van der Waals surface area contributed by atoms with Gasteiger partial charge in [-0.05, 0) is 42.0 Å². The highest BCUT2D eigenvalue weighted by Gasteiger charge is 2.32. The van der Waals surface area contributed by atoms with Gasteiger partial charge in [0.05, 0.1) is 17.8 Å². The topological polar surface area (TPSA) is 69.7 Å². The van der Waals surface area contributed by atoms with Gasteiger partial charge in [-0.1, -0.05) is 48.0 Å². The standard InChI is InChI=1S/C24H19ClO5S/c1-29-22-13-16(10-11-21(22)30-14-17-6-2-4-8-20(17)25)12-18-15-31(27,28)23-9-5-3-7-19(23)24(18)26/h2-13H,14-15H2,1H3. The number of carbonyl (C=O) groups excluding carboxylic acids is 1. The van der Waals surface area contributed by atoms with Crippen molar-refractivity contribution in [3.8, 4) is 11.5 Å². The number of ether oxygens (including phenoxy) is 2. The van der Waals surface area contributed by atoms with Crippen molar-refractivity contribution in [2.24, 2.45) is 0 Å². The highest BCUT2D eigenvalue weighted by molar-refractivity contribution is 7.91. The molecule has 1 heterocycles. The van der Waals surface area contributed by atoms with Crippen LogP contribution in [0.2, 0.25) is 5.02 Å². The predicted molar refractivity (Wildman–Crippen MR) is 120 cm³/mol. The predicted octanol–water partition coefficient (Wildman–Crippen LogP) is 4.98. The normalized spacial score (nSPS) is 16.1. The van der Waals surface area contributed by atoms with E-state index in [2.05, 4.69) is 0 Å². The van der Waals surface area contributed by atoms with Crippen LogP contribution >= 0.6 is 11.6 Å². The quantitative estimate of drug-likeness (QED) is 0.508. The molecule has 7 heteroatoms. The lowest BCUT2D eigenvalue weighted by Crippen LogP contribution is -2.24. The van der Waals surface area contributed by atoms with Crippen LogP contribution in [0.3, 0.4) is 0 Å². The fourth-order valence-corrected chi connectivity index (χ4v) is 5.17. The number of sulfone groups is 1. The van der Waals surface area contributed by atoms with Crippen LogP contribution < -0.4 is 9.47 Å². The van der Waals surface area contributed by atoms with Gasteiger partial charge in [0, 0.05) is 21.7 Å². The molecule has 5 nitrogen and oxygen atoms in total. The van der Waals surface area contributed by atoms with Gasteiger partial charge < -0.3 is 9.47 Å². The molecule has 0 amide bonds. The Morgan fingerprint density at radius 3 is 2.52 bits per heavy atom. The Labute approximate surface area is 185 Å². The summed E-state index contributed by atoms with van der Waals surface area (Å²) in [5.74, 6) is 0.351. The molecule has 0 saturated carbocycles. The van der Waals surface area contributed by atoms with Gasteiger partial charge in [-0.15, -0.1) is 0 Å². The lowest BCUT2D eigenvalue weighted by molar-refractivity contribution is 0.103. The van der Waals surface area contributed by atoms with Gasteiger partial charge in [0.2, 0.25) is 0 Å². The van der Waals surface area contributed by atoms with E-state index < -0.39 is 9.84 Å². The maximum atomic E-state index is 12.8. The van der Waals surface area contributed by atoms with Crippen molar-refractivity contribution in [2.45, 2.75) is 11.5 Å². The molecule has 0 radical (unpaired) electrons. The Kier molecular flexibility index (Phi) is 5.85. The van der Waals surface area contributed by atoms with Crippen molar-refractivity contribution < 1.29 is 22.7 Å². The second-order valence-corrected chi connectivity index (χ2v) is 9.41. The van der Waals surface area contributed by atoms with Crippen molar-refractivity contribution in [2.75, 3.05) is 12.9 Å². The number of methoxy groups -OCH3 is 1. The van der Waals surface area contributed by atoms with Crippen molar-refractivity contribution in [3.05, 3.63) is 94.0 Å². The third kappa shape index (κ3) is 4.36. The minimum atomic E-state index is -3.57. The Bertz CT molecular complexity index is 1290. The van der Waals surface area contributed by atoms with Crippen molar-refractivity contribution in [1.82, 2.24) is 0 Å². The van der Waals surface area contributed by atoms with Crippen molar-refractivity contribution >= 4 is 33.3 Å². The molecule has 0 bridgehead atoms. The molecule has 0 aliphatic carbocycles. The zero-order valence-corrected chi connectivity index (χ0v) is 18.2. The van der Waals surface area contributed by atoms with Crippen LogP contribution in [0, 0.1) is 0 Å². The van der Waals surface area contributed by atoms with E-state index in [0.29, 0.717) is 22.1 Å². The fourth-order valence-electron chi connectivity index (χ4n) is 3.42. The van der Waals surface area contributed by atoms with Crippen LogP contribution in [0.15, 0.2) is 77.2 Å². The van der Waals surface area contributed by atoms with Crippen LogP contribution in [-0.4, -0.2) is 27.1 Å². The van der Waals surface area contributed by atoms with E-state index in [4.69, 9.17) is 21.1 Å². The third-order valence-electron chi connectivity index (χ3n) is 4.97. The van der Waals surface area contributed by atoms with Gasteiger partial charge in [0.1, 0.15) is 6.61 Å². The molecule has 0 aromatic heterocycles. The van der Waals surface area contributed by atoms with E-state index in [1.807, 2.05) is 18.2 Å². The summed E-state index contributed by atoms with van der Waals surface area (Å²) in [6.45, 7) is 0.268. The molecular formula is C24H19ClO5S. The summed E-state index contributed by atoms with van der Waals surface area (Å²) in [5, 5.41) is 0.611. The van der Waals surface area contributed by atoms with Gasteiger partial charge in [-0.2, -0.15) is 0 Å². The number of rotatable bonds is 5. The smallest absolute Gasteiger partial charge is 0.191 e. The molecule has 3 aromatic rings. The molecule has 3 aromatic carbocycles. The molecule has 0 atom stereocenters. The first-order valence-electron chi connectivity index (χ1n) is 9.50. The molecule has 0 saturated heterocycles. The van der Waals surface area contributed by atoms with E-state index in [-0.39, 0.29) is 34.2 Å². The average molecular weight is 455 g/mol. The van der Waals surface area contributed by atoms with E-state index in [9.17, 15) is 13.2 Å². The van der Waals surface area contributed by atoms with Crippen molar-refractivity contribution in [3.63, 3.8) is 0 Å². The lowest BCUT2D eigenvalue weighted by Gasteiger charge is -2.18. The van der Waals surface area contributed by atoms with E-state index in [1.165, 1.54) is 19.2 Å².